The number of rotatable bonds is 1. The molecule has 1 aromatic rings. The summed E-state index contributed by atoms with van der Waals surface area (Å²) in [5.74, 6) is 0. The van der Waals surface area contributed by atoms with Crippen LogP contribution in [0.1, 0.15) is 0 Å². The first-order valence-corrected chi connectivity index (χ1v) is 4.00. The van der Waals surface area contributed by atoms with Crippen molar-refractivity contribution >= 4 is 10.0 Å². The van der Waals surface area contributed by atoms with Crippen molar-refractivity contribution in [3.05, 3.63) is 24.5 Å². The zero-order valence-electron chi connectivity index (χ0n) is 4.98. The molecule has 1 aromatic heterocycles. The Morgan fingerprint density at radius 2 is 2.30 bits per heavy atom. The molecule has 0 aliphatic heterocycles. The van der Waals surface area contributed by atoms with Crippen LogP contribution in [0.15, 0.2) is 23.2 Å². The SMILES string of the molecule is NS(=O)(=O)c1cc[c]nc1. The number of nitrogens with zero attached hydrogens (tertiary/aromatic N) is 1. The van der Waals surface area contributed by atoms with E-state index in [2.05, 4.69) is 11.2 Å². The van der Waals surface area contributed by atoms with E-state index in [1.54, 1.807) is 0 Å². The van der Waals surface area contributed by atoms with Crippen LogP contribution in [0, 0.1) is 6.20 Å². The van der Waals surface area contributed by atoms with E-state index in [1.165, 1.54) is 12.1 Å². The highest BCUT2D eigenvalue weighted by Crippen LogP contribution is 2.00. The van der Waals surface area contributed by atoms with Gasteiger partial charge in [0.25, 0.3) is 0 Å². The lowest BCUT2D eigenvalue weighted by molar-refractivity contribution is 0.597. The Kier molecular flexibility index (Phi) is 1.69. The molecular weight excluding hydrogens is 152 g/mol. The van der Waals surface area contributed by atoms with Gasteiger partial charge < -0.3 is 0 Å². The molecule has 0 unspecified atom stereocenters. The Balaban J connectivity index is 3.22. The Labute approximate surface area is 58.8 Å². The summed E-state index contributed by atoms with van der Waals surface area (Å²) < 4.78 is 21.1. The highest BCUT2D eigenvalue weighted by molar-refractivity contribution is 7.89. The van der Waals surface area contributed by atoms with Crippen molar-refractivity contribution in [3.8, 4) is 0 Å². The molecule has 10 heavy (non-hydrogen) atoms. The Bertz CT molecular complexity index is 306. The zero-order valence-corrected chi connectivity index (χ0v) is 5.80. The molecule has 0 spiro atoms. The number of hydrogen-bond donors (Lipinski definition) is 1. The lowest BCUT2D eigenvalue weighted by Crippen LogP contribution is -2.11. The minimum Gasteiger partial charge on any atom is -0.253 e. The van der Waals surface area contributed by atoms with Crippen molar-refractivity contribution < 1.29 is 8.42 Å². The van der Waals surface area contributed by atoms with Gasteiger partial charge in [-0.2, -0.15) is 0 Å². The molecule has 0 aliphatic rings. The van der Waals surface area contributed by atoms with Gasteiger partial charge in [-0.1, -0.05) is 0 Å². The first kappa shape index (κ1) is 7.17. The number of hydrogen-bond acceptors (Lipinski definition) is 3. The van der Waals surface area contributed by atoms with Crippen molar-refractivity contribution in [2.75, 3.05) is 0 Å². The molecule has 4 nitrogen and oxygen atoms in total. The number of pyridine rings is 1. The third-order valence-electron chi connectivity index (χ3n) is 0.917. The maximum absolute atomic E-state index is 10.6. The molecule has 0 atom stereocenters. The van der Waals surface area contributed by atoms with Crippen LogP contribution in [0.3, 0.4) is 0 Å². The third-order valence-corrected chi connectivity index (χ3v) is 1.82. The number of nitrogens with two attached hydrogens (primary N) is 1. The van der Waals surface area contributed by atoms with Crippen molar-refractivity contribution in [3.63, 3.8) is 0 Å². The first-order chi connectivity index (χ1) is 4.61. The highest BCUT2D eigenvalue weighted by atomic mass is 32.2. The third kappa shape index (κ3) is 1.52. The summed E-state index contributed by atoms with van der Waals surface area (Å²) in [6, 6.07) is 2.72. The van der Waals surface area contributed by atoms with Crippen LogP contribution in [-0.2, 0) is 10.0 Å². The highest BCUT2D eigenvalue weighted by Gasteiger charge is 2.04. The Hall–Kier alpha value is -0.940. The molecule has 0 aromatic carbocycles. The van der Waals surface area contributed by atoms with E-state index in [0.29, 0.717) is 0 Å². The van der Waals surface area contributed by atoms with Crippen LogP contribution in [0.25, 0.3) is 0 Å². The van der Waals surface area contributed by atoms with Gasteiger partial charge in [-0.05, 0) is 12.1 Å². The molecule has 0 amide bonds. The largest absolute Gasteiger partial charge is 0.253 e. The van der Waals surface area contributed by atoms with E-state index in [9.17, 15) is 8.42 Å². The van der Waals surface area contributed by atoms with Crippen molar-refractivity contribution in [2.24, 2.45) is 5.14 Å². The number of primary sulfonamides is 1. The first-order valence-electron chi connectivity index (χ1n) is 2.45. The van der Waals surface area contributed by atoms with E-state index in [-0.39, 0.29) is 4.90 Å². The maximum atomic E-state index is 10.6. The topological polar surface area (TPSA) is 73.1 Å². The van der Waals surface area contributed by atoms with Crippen molar-refractivity contribution in [1.82, 2.24) is 4.98 Å². The van der Waals surface area contributed by atoms with Gasteiger partial charge in [0.2, 0.25) is 10.0 Å². The molecule has 0 fully saturated rings. The lowest BCUT2D eigenvalue weighted by Gasteiger charge is -1.92. The second-order valence-electron chi connectivity index (χ2n) is 1.67. The van der Waals surface area contributed by atoms with Gasteiger partial charge in [-0.15, -0.1) is 0 Å². The van der Waals surface area contributed by atoms with E-state index in [0.717, 1.165) is 6.20 Å². The molecular formula is C5H5N2O2S. The van der Waals surface area contributed by atoms with Gasteiger partial charge in [0.1, 0.15) is 4.90 Å². The van der Waals surface area contributed by atoms with Crippen LogP contribution >= 0.6 is 0 Å². The minimum atomic E-state index is -3.59. The fourth-order valence-corrected chi connectivity index (χ4v) is 0.932. The predicted octanol–water partition coefficient (Wildman–Crippen LogP) is -0.471. The predicted molar refractivity (Wildman–Crippen MR) is 34.4 cm³/mol. The molecule has 53 valence electrons. The Morgan fingerprint density at radius 1 is 1.60 bits per heavy atom. The summed E-state index contributed by atoms with van der Waals surface area (Å²) >= 11 is 0. The van der Waals surface area contributed by atoms with E-state index >= 15 is 0 Å². The molecule has 0 bridgehead atoms. The van der Waals surface area contributed by atoms with Crippen LogP contribution in [-0.4, -0.2) is 13.4 Å². The second-order valence-corrected chi connectivity index (χ2v) is 3.23. The van der Waals surface area contributed by atoms with E-state index in [4.69, 9.17) is 5.14 Å². The van der Waals surface area contributed by atoms with Gasteiger partial charge in [0.15, 0.2) is 0 Å². The van der Waals surface area contributed by atoms with Crippen LogP contribution in [0.5, 0.6) is 0 Å². The van der Waals surface area contributed by atoms with Gasteiger partial charge in [-0.3, -0.25) is 4.98 Å². The zero-order chi connectivity index (χ0) is 7.61. The Morgan fingerprint density at radius 3 is 2.60 bits per heavy atom. The van der Waals surface area contributed by atoms with Crippen LogP contribution in [0.2, 0.25) is 0 Å². The molecule has 2 N–H and O–H groups in total. The molecule has 0 aliphatic carbocycles. The van der Waals surface area contributed by atoms with Crippen molar-refractivity contribution in [1.29, 1.82) is 0 Å². The summed E-state index contributed by atoms with van der Waals surface area (Å²) in [6.45, 7) is 0. The van der Waals surface area contributed by atoms with E-state index < -0.39 is 10.0 Å². The summed E-state index contributed by atoms with van der Waals surface area (Å²) in [5.41, 5.74) is 0. The minimum absolute atomic E-state index is 0.00579. The summed E-state index contributed by atoms with van der Waals surface area (Å²) in [5, 5.41) is 4.78. The molecule has 0 saturated heterocycles. The smallest absolute Gasteiger partial charge is 0.239 e. The summed E-state index contributed by atoms with van der Waals surface area (Å²) in [4.78, 5) is 3.47. The fraction of sp³-hybridized carbons (Fsp3) is 0. The average Bonchev–Trinajstić information content (AvgIpc) is 1.88. The quantitative estimate of drug-likeness (QED) is 0.598. The fourth-order valence-electron chi connectivity index (χ4n) is 0.475. The van der Waals surface area contributed by atoms with E-state index in [1.807, 2.05) is 0 Å². The normalized spacial score (nSPS) is 11.3. The molecule has 1 heterocycles. The summed E-state index contributed by atoms with van der Waals surface area (Å²) in [6.07, 6.45) is 3.58. The maximum Gasteiger partial charge on any atom is 0.239 e. The molecule has 5 heteroatoms. The average molecular weight is 157 g/mol. The lowest BCUT2D eigenvalue weighted by atomic mass is 10.5. The van der Waals surface area contributed by atoms with Gasteiger partial charge in [0, 0.05) is 6.20 Å². The van der Waals surface area contributed by atoms with Gasteiger partial charge in [-0.25, -0.2) is 13.6 Å². The van der Waals surface area contributed by atoms with Crippen molar-refractivity contribution in [2.45, 2.75) is 4.90 Å². The standard InChI is InChI=1S/C5H5N2O2S/c6-10(8,9)5-2-1-3-7-4-5/h1-2,4H,(H2,6,8,9). The second kappa shape index (κ2) is 2.36. The monoisotopic (exact) mass is 157 g/mol. The molecule has 1 radical (unpaired) electrons. The van der Waals surface area contributed by atoms with Gasteiger partial charge >= 0.3 is 0 Å². The molecule has 1 rings (SSSR count). The van der Waals surface area contributed by atoms with Crippen LogP contribution < -0.4 is 5.14 Å². The van der Waals surface area contributed by atoms with Gasteiger partial charge in [0.05, 0.1) is 6.20 Å². The number of aromatic nitrogens is 1. The number of sulfonamides is 1. The van der Waals surface area contributed by atoms with Crippen LogP contribution in [0.4, 0.5) is 0 Å². The summed E-state index contributed by atoms with van der Waals surface area (Å²) in [7, 11) is -3.59. The molecule has 0 saturated carbocycles.